The molecule has 4 atom stereocenters. The van der Waals surface area contributed by atoms with E-state index in [0.717, 1.165) is 82.3 Å². The molecule has 5 nitrogen and oxygen atoms in total. The predicted octanol–water partition coefficient (Wildman–Crippen LogP) is 7.70. The smallest absolute Gasteiger partial charge is 0.232 e. The zero-order valence-electron chi connectivity index (χ0n) is 25.9. The fraction of sp³-hybridized carbons (Fsp3) is 0.639. The highest BCUT2D eigenvalue weighted by atomic mass is 32.2. The van der Waals surface area contributed by atoms with Crippen LogP contribution in [-0.2, 0) is 14.4 Å². The highest BCUT2D eigenvalue weighted by Crippen LogP contribution is 2.62. The minimum absolute atomic E-state index is 0.232. The van der Waals surface area contributed by atoms with Crippen LogP contribution in [0.4, 0.5) is 0 Å². The lowest BCUT2D eigenvalue weighted by Crippen LogP contribution is -2.43. The van der Waals surface area contributed by atoms with Crippen molar-refractivity contribution < 1.29 is 19.1 Å². The SMILES string of the molecule is CCCCN(C)C(=O)CSCCCCCOc1ccc([C@H]2C[C@]3(C)C(=O)CCC3C3CCC4=CC(=O)CCC4=C32)cc1. The number of nitrogens with zero attached hydrogens (tertiary/aromatic N) is 1. The van der Waals surface area contributed by atoms with Crippen molar-refractivity contribution in [2.45, 2.75) is 96.8 Å². The van der Waals surface area contributed by atoms with Crippen molar-refractivity contribution >= 4 is 29.2 Å². The Morgan fingerprint density at radius 3 is 2.62 bits per heavy atom. The summed E-state index contributed by atoms with van der Waals surface area (Å²) in [6, 6.07) is 8.62. The molecule has 2 fully saturated rings. The van der Waals surface area contributed by atoms with E-state index in [1.807, 2.05) is 18.0 Å². The van der Waals surface area contributed by atoms with Gasteiger partial charge < -0.3 is 9.64 Å². The summed E-state index contributed by atoms with van der Waals surface area (Å²) in [5.74, 6) is 4.56. The van der Waals surface area contributed by atoms with Gasteiger partial charge in [-0.15, -0.1) is 0 Å². The number of carbonyl (C=O) groups is 3. The Hall–Kier alpha value is -2.34. The summed E-state index contributed by atoms with van der Waals surface area (Å²) in [6.45, 7) is 5.93. The molecule has 6 heteroatoms. The number of hydrogen-bond donors (Lipinski definition) is 0. The van der Waals surface area contributed by atoms with Crippen molar-refractivity contribution in [1.82, 2.24) is 4.90 Å². The molecule has 42 heavy (non-hydrogen) atoms. The Morgan fingerprint density at radius 1 is 1.02 bits per heavy atom. The van der Waals surface area contributed by atoms with E-state index in [4.69, 9.17) is 4.74 Å². The van der Waals surface area contributed by atoms with Gasteiger partial charge in [-0.2, -0.15) is 11.8 Å². The maximum Gasteiger partial charge on any atom is 0.232 e. The average molecular weight is 592 g/mol. The van der Waals surface area contributed by atoms with Crippen LogP contribution >= 0.6 is 11.8 Å². The fourth-order valence-corrected chi connectivity index (χ4v) is 8.94. The fourth-order valence-electron chi connectivity index (χ4n) is 7.99. The van der Waals surface area contributed by atoms with Crippen LogP contribution in [0, 0.1) is 17.3 Å². The highest BCUT2D eigenvalue weighted by molar-refractivity contribution is 7.99. The molecule has 0 aromatic heterocycles. The number of ether oxygens (including phenoxy) is 1. The van der Waals surface area contributed by atoms with Crippen LogP contribution in [0.15, 0.2) is 47.1 Å². The third-order valence-electron chi connectivity index (χ3n) is 10.4. The Kier molecular flexibility index (Phi) is 10.3. The highest BCUT2D eigenvalue weighted by Gasteiger charge is 2.56. The van der Waals surface area contributed by atoms with Gasteiger partial charge in [0.1, 0.15) is 11.5 Å². The topological polar surface area (TPSA) is 63.7 Å². The molecular weight excluding hydrogens is 542 g/mol. The molecule has 1 aromatic carbocycles. The average Bonchev–Trinajstić information content (AvgIpc) is 3.30. The molecule has 0 spiro atoms. The molecule has 0 radical (unpaired) electrons. The first-order chi connectivity index (χ1) is 20.3. The van der Waals surface area contributed by atoms with E-state index in [1.165, 1.54) is 22.3 Å². The van der Waals surface area contributed by atoms with Gasteiger partial charge in [0, 0.05) is 37.8 Å². The van der Waals surface area contributed by atoms with Gasteiger partial charge >= 0.3 is 0 Å². The van der Waals surface area contributed by atoms with Gasteiger partial charge in [0.05, 0.1) is 12.4 Å². The van der Waals surface area contributed by atoms with E-state index in [2.05, 4.69) is 38.1 Å². The number of ketones is 2. The molecule has 2 unspecified atom stereocenters. The van der Waals surface area contributed by atoms with Gasteiger partial charge in [0.15, 0.2) is 5.78 Å². The summed E-state index contributed by atoms with van der Waals surface area (Å²) < 4.78 is 6.09. The van der Waals surface area contributed by atoms with Crippen molar-refractivity contribution in [2.75, 3.05) is 31.7 Å². The van der Waals surface area contributed by atoms with Gasteiger partial charge in [-0.05, 0) is 110 Å². The molecule has 2 saturated carbocycles. The molecule has 4 aliphatic rings. The second kappa shape index (κ2) is 14.0. The second-order valence-electron chi connectivity index (χ2n) is 13.2. The third kappa shape index (κ3) is 6.74. The van der Waals surface area contributed by atoms with Gasteiger partial charge in [-0.3, -0.25) is 14.4 Å². The van der Waals surface area contributed by atoms with Crippen LogP contribution in [-0.4, -0.2) is 54.1 Å². The summed E-state index contributed by atoms with van der Waals surface area (Å²) in [7, 11) is 1.90. The van der Waals surface area contributed by atoms with Crippen LogP contribution in [0.3, 0.4) is 0 Å². The van der Waals surface area contributed by atoms with Crippen molar-refractivity contribution in [2.24, 2.45) is 17.3 Å². The number of fused-ring (bicyclic) bond motifs is 4. The van der Waals surface area contributed by atoms with Crippen LogP contribution in [0.25, 0.3) is 0 Å². The maximum absolute atomic E-state index is 13.2. The minimum Gasteiger partial charge on any atom is -0.494 e. The first-order valence-electron chi connectivity index (χ1n) is 16.4. The molecule has 5 rings (SSSR count). The van der Waals surface area contributed by atoms with E-state index >= 15 is 0 Å². The van der Waals surface area contributed by atoms with Gasteiger partial charge in [0.25, 0.3) is 0 Å². The minimum atomic E-state index is -0.239. The standard InChI is InChI=1S/C36H49NO4S/c1-4-5-19-37(3)34(40)24-42-21-8-6-7-20-41-28-13-9-25(10-14-28)31-23-36(2)32(17-18-33(36)39)30-15-11-26-22-27(38)12-16-29(26)35(30)31/h9-10,13-14,22,30-32H,4-8,11-12,15-21,23-24H2,1-3H3/t30?,31-,32?,36+/m1/s1. The largest absolute Gasteiger partial charge is 0.494 e. The molecule has 0 N–H and O–H groups in total. The van der Waals surface area contributed by atoms with E-state index < -0.39 is 0 Å². The Bertz CT molecular complexity index is 1220. The van der Waals surface area contributed by atoms with Crippen molar-refractivity contribution in [1.29, 1.82) is 0 Å². The zero-order valence-corrected chi connectivity index (χ0v) is 26.7. The predicted molar refractivity (Wildman–Crippen MR) is 171 cm³/mol. The monoisotopic (exact) mass is 591 g/mol. The normalized spacial score (nSPS) is 26.8. The van der Waals surface area contributed by atoms with Crippen LogP contribution in [0.1, 0.15) is 102 Å². The van der Waals surface area contributed by atoms with Crippen molar-refractivity contribution in [3.8, 4) is 5.75 Å². The first-order valence-corrected chi connectivity index (χ1v) is 17.5. The number of Topliss-reactive ketones (excluding diaryl/α,β-unsaturated/α-hetero) is 1. The van der Waals surface area contributed by atoms with Crippen molar-refractivity contribution in [3.63, 3.8) is 0 Å². The van der Waals surface area contributed by atoms with Gasteiger partial charge in [-0.1, -0.05) is 38.0 Å². The molecular formula is C36H49NO4S. The van der Waals surface area contributed by atoms with Crippen molar-refractivity contribution in [3.05, 3.63) is 52.6 Å². The first kappa shape index (κ1) is 31.1. The van der Waals surface area contributed by atoms with Gasteiger partial charge in [-0.25, -0.2) is 0 Å². The zero-order chi connectivity index (χ0) is 29.7. The Morgan fingerprint density at radius 2 is 1.83 bits per heavy atom. The number of amides is 1. The molecule has 1 amide bonds. The number of benzene rings is 1. The van der Waals surface area contributed by atoms with Crippen LogP contribution in [0.2, 0.25) is 0 Å². The van der Waals surface area contributed by atoms with Crippen LogP contribution in [0.5, 0.6) is 5.75 Å². The lowest BCUT2D eigenvalue weighted by atomic mass is 9.53. The maximum atomic E-state index is 13.2. The molecule has 4 aliphatic carbocycles. The number of allylic oxidation sites excluding steroid dienone is 4. The quantitative estimate of drug-likeness (QED) is 0.220. The Labute approximate surface area is 256 Å². The number of thioether (sulfide) groups is 1. The summed E-state index contributed by atoms with van der Waals surface area (Å²) in [5, 5.41) is 0. The number of hydrogen-bond acceptors (Lipinski definition) is 5. The molecule has 0 aliphatic heterocycles. The molecule has 1 aromatic rings. The summed E-state index contributed by atoms with van der Waals surface area (Å²) in [5.41, 5.74) is 5.28. The number of carbonyl (C=O) groups excluding carboxylic acids is 3. The molecule has 228 valence electrons. The summed E-state index contributed by atoms with van der Waals surface area (Å²) in [4.78, 5) is 39.4. The third-order valence-corrected chi connectivity index (χ3v) is 11.5. The summed E-state index contributed by atoms with van der Waals surface area (Å²) >= 11 is 1.74. The van der Waals surface area contributed by atoms with E-state index in [-0.39, 0.29) is 23.0 Å². The van der Waals surface area contributed by atoms with E-state index in [9.17, 15) is 14.4 Å². The summed E-state index contributed by atoms with van der Waals surface area (Å²) in [6.07, 6.45) is 13.4. The number of rotatable bonds is 13. The lowest BCUT2D eigenvalue weighted by Gasteiger charge is -2.50. The molecule has 0 heterocycles. The molecule has 0 bridgehead atoms. The van der Waals surface area contributed by atoms with Gasteiger partial charge in [0.2, 0.25) is 5.91 Å². The lowest BCUT2D eigenvalue weighted by molar-refractivity contribution is -0.128. The van der Waals surface area contributed by atoms with E-state index in [0.29, 0.717) is 42.8 Å². The second-order valence-corrected chi connectivity index (χ2v) is 14.3. The number of unbranched alkanes of at least 4 members (excludes halogenated alkanes) is 3. The molecule has 0 saturated heterocycles. The Balaban J connectivity index is 1.15. The van der Waals surface area contributed by atoms with E-state index in [1.54, 1.807) is 11.8 Å². The van der Waals surface area contributed by atoms with Crippen LogP contribution < -0.4 is 4.74 Å².